The Hall–Kier alpha value is -2.29. The summed E-state index contributed by atoms with van der Waals surface area (Å²) in [6.45, 7) is 2.85. The molecule has 0 heterocycles. The number of nitrogens with one attached hydrogen (secondary N) is 1. The standard InChI is InChI=1S/C16H17NO2/c1-2-12-3-5-13(6-4-12)11-17-15-9-7-14(8-10-15)16(18)19/h3-10,17H,2,11H2,1H3,(H,18,19)/p-1. The minimum atomic E-state index is -1.15. The van der Waals surface area contributed by atoms with Crippen molar-refractivity contribution in [2.45, 2.75) is 19.9 Å². The van der Waals surface area contributed by atoms with E-state index in [9.17, 15) is 9.90 Å². The van der Waals surface area contributed by atoms with Crippen LogP contribution in [0, 0.1) is 0 Å². The molecule has 3 heteroatoms. The average Bonchev–Trinajstić information content (AvgIpc) is 2.46. The van der Waals surface area contributed by atoms with Crippen molar-refractivity contribution in [2.75, 3.05) is 5.32 Å². The largest absolute Gasteiger partial charge is 0.545 e. The van der Waals surface area contributed by atoms with Crippen LogP contribution in [0.1, 0.15) is 28.4 Å². The topological polar surface area (TPSA) is 52.2 Å². The molecule has 0 spiro atoms. The van der Waals surface area contributed by atoms with Gasteiger partial charge in [-0.2, -0.15) is 0 Å². The maximum atomic E-state index is 10.6. The second-order valence-electron chi connectivity index (χ2n) is 4.39. The van der Waals surface area contributed by atoms with E-state index < -0.39 is 5.97 Å². The molecule has 0 aliphatic carbocycles. The molecular weight excluding hydrogens is 238 g/mol. The molecule has 1 N–H and O–H groups in total. The third kappa shape index (κ3) is 3.58. The minimum Gasteiger partial charge on any atom is -0.545 e. The van der Waals surface area contributed by atoms with Crippen LogP contribution in [0.4, 0.5) is 5.69 Å². The van der Waals surface area contributed by atoms with Crippen molar-refractivity contribution < 1.29 is 9.90 Å². The number of benzene rings is 2. The minimum absolute atomic E-state index is 0.192. The maximum absolute atomic E-state index is 10.6. The second-order valence-corrected chi connectivity index (χ2v) is 4.39. The molecule has 3 nitrogen and oxygen atoms in total. The molecule has 0 fully saturated rings. The lowest BCUT2D eigenvalue weighted by molar-refractivity contribution is -0.255. The summed E-state index contributed by atoms with van der Waals surface area (Å²) in [5.74, 6) is -1.15. The Balaban J connectivity index is 1.95. The van der Waals surface area contributed by atoms with Crippen LogP contribution in [0.3, 0.4) is 0 Å². The quantitative estimate of drug-likeness (QED) is 0.890. The van der Waals surface area contributed by atoms with Crippen LogP contribution in [0.15, 0.2) is 48.5 Å². The lowest BCUT2D eigenvalue weighted by Crippen LogP contribution is -2.21. The monoisotopic (exact) mass is 254 g/mol. The molecule has 19 heavy (non-hydrogen) atoms. The van der Waals surface area contributed by atoms with Crippen molar-refractivity contribution in [3.8, 4) is 0 Å². The summed E-state index contributed by atoms with van der Waals surface area (Å²) in [6.07, 6.45) is 1.04. The van der Waals surface area contributed by atoms with Gasteiger partial charge in [-0.1, -0.05) is 43.3 Å². The van der Waals surface area contributed by atoms with Crippen molar-refractivity contribution in [3.05, 3.63) is 65.2 Å². The number of carboxylic acid groups (broad SMARTS) is 1. The van der Waals surface area contributed by atoms with Crippen LogP contribution >= 0.6 is 0 Å². The Kier molecular flexibility index (Phi) is 4.18. The first-order chi connectivity index (χ1) is 9.19. The van der Waals surface area contributed by atoms with Gasteiger partial charge in [-0.3, -0.25) is 0 Å². The molecule has 0 saturated heterocycles. The van der Waals surface area contributed by atoms with Gasteiger partial charge in [0.1, 0.15) is 0 Å². The lowest BCUT2D eigenvalue weighted by Gasteiger charge is -2.08. The fourth-order valence-corrected chi connectivity index (χ4v) is 1.82. The highest BCUT2D eigenvalue weighted by Crippen LogP contribution is 2.11. The van der Waals surface area contributed by atoms with Crippen LogP contribution in [-0.4, -0.2) is 5.97 Å². The second kappa shape index (κ2) is 6.05. The summed E-state index contributed by atoms with van der Waals surface area (Å²) in [7, 11) is 0. The van der Waals surface area contributed by atoms with Gasteiger partial charge in [0.05, 0.1) is 5.97 Å². The summed E-state index contributed by atoms with van der Waals surface area (Å²) in [6, 6.07) is 15.0. The molecule has 0 aromatic heterocycles. The van der Waals surface area contributed by atoms with E-state index in [2.05, 4.69) is 36.5 Å². The van der Waals surface area contributed by atoms with Gasteiger partial charge in [-0.25, -0.2) is 0 Å². The molecule has 98 valence electrons. The van der Waals surface area contributed by atoms with Gasteiger partial charge in [-0.15, -0.1) is 0 Å². The van der Waals surface area contributed by atoms with Crippen molar-refractivity contribution in [1.29, 1.82) is 0 Å². The molecule has 0 bridgehead atoms. The fourth-order valence-electron chi connectivity index (χ4n) is 1.82. The fraction of sp³-hybridized carbons (Fsp3) is 0.188. The van der Waals surface area contributed by atoms with Crippen LogP contribution in [0.5, 0.6) is 0 Å². The number of anilines is 1. The summed E-state index contributed by atoms with van der Waals surface area (Å²) in [5, 5.41) is 13.9. The number of carbonyl (C=O) groups is 1. The van der Waals surface area contributed by atoms with Crippen molar-refractivity contribution in [3.63, 3.8) is 0 Å². The number of hydrogen-bond donors (Lipinski definition) is 1. The molecule has 0 radical (unpaired) electrons. The average molecular weight is 254 g/mol. The molecule has 0 amide bonds. The SMILES string of the molecule is CCc1ccc(CNc2ccc(C(=O)[O-])cc2)cc1. The smallest absolute Gasteiger partial charge is 0.0715 e. The Labute approximate surface area is 112 Å². The number of carboxylic acids is 1. The number of hydrogen-bond acceptors (Lipinski definition) is 3. The molecule has 2 aromatic carbocycles. The predicted octanol–water partition coefficient (Wildman–Crippen LogP) is 2.22. The number of carbonyl (C=O) groups excluding carboxylic acids is 1. The first-order valence-electron chi connectivity index (χ1n) is 6.32. The Morgan fingerprint density at radius 1 is 1.00 bits per heavy atom. The van der Waals surface area contributed by atoms with Gasteiger partial charge in [0, 0.05) is 12.2 Å². The molecule has 0 aliphatic rings. The zero-order valence-corrected chi connectivity index (χ0v) is 10.8. The summed E-state index contributed by atoms with van der Waals surface area (Å²) in [4.78, 5) is 10.6. The van der Waals surface area contributed by atoms with Gasteiger partial charge < -0.3 is 15.2 Å². The van der Waals surface area contributed by atoms with Crippen molar-refractivity contribution in [1.82, 2.24) is 0 Å². The first kappa shape index (κ1) is 13.1. The van der Waals surface area contributed by atoms with E-state index in [1.807, 2.05) is 0 Å². The zero-order chi connectivity index (χ0) is 13.7. The normalized spacial score (nSPS) is 10.2. The number of aryl methyl sites for hydroxylation is 1. The molecular formula is C16H16NO2-. The number of rotatable bonds is 5. The van der Waals surface area contributed by atoms with Gasteiger partial charge in [-0.05, 0) is 35.2 Å². The van der Waals surface area contributed by atoms with Gasteiger partial charge >= 0.3 is 0 Å². The van der Waals surface area contributed by atoms with E-state index in [1.165, 1.54) is 23.3 Å². The molecule has 0 unspecified atom stereocenters. The highest BCUT2D eigenvalue weighted by atomic mass is 16.4. The lowest BCUT2D eigenvalue weighted by atomic mass is 10.1. The Morgan fingerprint density at radius 3 is 2.11 bits per heavy atom. The van der Waals surface area contributed by atoms with Gasteiger partial charge in [0.25, 0.3) is 0 Å². The molecule has 2 rings (SSSR count). The molecule has 0 aliphatic heterocycles. The van der Waals surface area contributed by atoms with Crippen LogP contribution in [0.2, 0.25) is 0 Å². The van der Waals surface area contributed by atoms with Crippen molar-refractivity contribution >= 4 is 11.7 Å². The summed E-state index contributed by atoms with van der Waals surface area (Å²) >= 11 is 0. The van der Waals surface area contributed by atoms with E-state index in [-0.39, 0.29) is 5.56 Å². The van der Waals surface area contributed by atoms with Gasteiger partial charge in [0.2, 0.25) is 0 Å². The Morgan fingerprint density at radius 2 is 1.58 bits per heavy atom. The van der Waals surface area contributed by atoms with Crippen LogP contribution in [0.25, 0.3) is 0 Å². The van der Waals surface area contributed by atoms with Gasteiger partial charge in [0.15, 0.2) is 0 Å². The third-order valence-corrected chi connectivity index (χ3v) is 3.05. The molecule has 0 saturated carbocycles. The predicted molar refractivity (Wildman–Crippen MR) is 73.9 cm³/mol. The van der Waals surface area contributed by atoms with Crippen molar-refractivity contribution in [2.24, 2.45) is 0 Å². The maximum Gasteiger partial charge on any atom is 0.0715 e. The highest BCUT2D eigenvalue weighted by Gasteiger charge is 1.96. The summed E-state index contributed by atoms with van der Waals surface area (Å²) < 4.78 is 0. The van der Waals surface area contributed by atoms with Crippen LogP contribution < -0.4 is 10.4 Å². The van der Waals surface area contributed by atoms with E-state index in [1.54, 1.807) is 12.1 Å². The van der Waals surface area contributed by atoms with E-state index >= 15 is 0 Å². The molecule has 2 aromatic rings. The first-order valence-corrected chi connectivity index (χ1v) is 6.32. The third-order valence-electron chi connectivity index (χ3n) is 3.05. The zero-order valence-electron chi connectivity index (χ0n) is 10.8. The Bertz CT molecular complexity index is 544. The molecule has 0 atom stereocenters. The number of aromatic carboxylic acids is 1. The highest BCUT2D eigenvalue weighted by molar-refractivity contribution is 5.86. The van der Waals surface area contributed by atoms with E-state index in [0.717, 1.165) is 12.1 Å². The van der Waals surface area contributed by atoms with E-state index in [0.29, 0.717) is 6.54 Å². The van der Waals surface area contributed by atoms with E-state index in [4.69, 9.17) is 0 Å². The van der Waals surface area contributed by atoms with Crippen LogP contribution in [-0.2, 0) is 13.0 Å². The summed E-state index contributed by atoms with van der Waals surface area (Å²) in [5.41, 5.74) is 3.60.